The number of hydrogen-bond donors (Lipinski definition) is 2. The highest BCUT2D eigenvalue weighted by Crippen LogP contribution is 2.31. The molecule has 0 aromatic heterocycles. The quantitative estimate of drug-likeness (QED) is 0.553. The summed E-state index contributed by atoms with van der Waals surface area (Å²) in [5.74, 6) is -0.710. The number of methoxy groups -OCH3 is 1. The van der Waals surface area contributed by atoms with Crippen LogP contribution in [0.4, 0.5) is 0 Å². The molecule has 1 atom stereocenters. The maximum atomic E-state index is 13.2. The summed E-state index contributed by atoms with van der Waals surface area (Å²) >= 11 is 0. The standard InChI is InChI=1S/C18H25N3O6S/c1-27-14-7-9-15(10-8-14)28(25,26)20-12-11-16(22)21(18(20)17(23)19-24)13-5-3-2-4-6-13/h7-10,13,18,24H,2-6,11-12H2,1H3,(H,19,23)/t18-/m0/s1. The Morgan fingerprint density at radius 1 is 1.18 bits per heavy atom. The molecule has 2 amide bonds. The predicted molar refractivity (Wildman–Crippen MR) is 98.9 cm³/mol. The van der Waals surface area contributed by atoms with E-state index in [0.717, 1.165) is 23.6 Å². The topological polar surface area (TPSA) is 116 Å². The molecule has 1 aliphatic carbocycles. The van der Waals surface area contributed by atoms with Crippen molar-refractivity contribution < 1.29 is 28.0 Å². The van der Waals surface area contributed by atoms with Crippen LogP contribution in [-0.4, -0.2) is 60.5 Å². The molecule has 0 bridgehead atoms. The maximum Gasteiger partial charge on any atom is 0.282 e. The van der Waals surface area contributed by atoms with Crippen molar-refractivity contribution in [2.45, 2.75) is 55.6 Å². The molecule has 1 saturated heterocycles. The van der Waals surface area contributed by atoms with E-state index in [1.54, 1.807) is 0 Å². The molecule has 2 N–H and O–H groups in total. The fourth-order valence-electron chi connectivity index (χ4n) is 3.94. The zero-order chi connectivity index (χ0) is 20.3. The maximum absolute atomic E-state index is 13.2. The van der Waals surface area contributed by atoms with Gasteiger partial charge in [0, 0.05) is 19.0 Å². The summed E-state index contributed by atoms with van der Waals surface area (Å²) in [4.78, 5) is 26.4. The van der Waals surface area contributed by atoms with Gasteiger partial charge in [-0.1, -0.05) is 19.3 Å². The molecule has 9 nitrogen and oxygen atoms in total. The van der Waals surface area contributed by atoms with Crippen LogP contribution in [-0.2, 0) is 19.6 Å². The van der Waals surface area contributed by atoms with Crippen LogP contribution in [0.5, 0.6) is 5.75 Å². The van der Waals surface area contributed by atoms with Crippen LogP contribution >= 0.6 is 0 Å². The van der Waals surface area contributed by atoms with Crippen molar-refractivity contribution in [3.8, 4) is 5.75 Å². The molecule has 2 fully saturated rings. The van der Waals surface area contributed by atoms with Crippen molar-refractivity contribution in [1.29, 1.82) is 0 Å². The van der Waals surface area contributed by atoms with Gasteiger partial charge < -0.3 is 9.64 Å². The zero-order valence-electron chi connectivity index (χ0n) is 15.7. The Hall–Kier alpha value is -2.17. The van der Waals surface area contributed by atoms with Gasteiger partial charge in [0.15, 0.2) is 6.17 Å². The van der Waals surface area contributed by atoms with Gasteiger partial charge in [-0.25, -0.2) is 13.9 Å². The Morgan fingerprint density at radius 3 is 2.39 bits per heavy atom. The van der Waals surface area contributed by atoms with Crippen molar-refractivity contribution in [3.05, 3.63) is 24.3 Å². The van der Waals surface area contributed by atoms with Gasteiger partial charge in [0.25, 0.3) is 5.91 Å². The van der Waals surface area contributed by atoms with Crippen LogP contribution in [0.15, 0.2) is 29.2 Å². The summed E-state index contributed by atoms with van der Waals surface area (Å²) in [7, 11) is -2.60. The number of amides is 2. The number of ether oxygens (including phenoxy) is 1. The first-order valence-electron chi connectivity index (χ1n) is 9.31. The first-order valence-corrected chi connectivity index (χ1v) is 10.7. The Morgan fingerprint density at radius 2 is 1.82 bits per heavy atom. The van der Waals surface area contributed by atoms with Gasteiger partial charge in [0.05, 0.1) is 12.0 Å². The number of carbonyl (C=O) groups is 2. The number of hydrogen-bond acceptors (Lipinski definition) is 6. The normalized spacial score (nSPS) is 22.1. The van der Waals surface area contributed by atoms with Crippen molar-refractivity contribution in [2.24, 2.45) is 0 Å². The highest BCUT2D eigenvalue weighted by molar-refractivity contribution is 7.89. The highest BCUT2D eigenvalue weighted by atomic mass is 32.2. The second kappa shape index (κ2) is 8.46. The number of rotatable bonds is 5. The molecule has 1 saturated carbocycles. The average Bonchev–Trinajstić information content (AvgIpc) is 2.73. The number of nitrogens with zero attached hydrogens (tertiary/aromatic N) is 2. The van der Waals surface area contributed by atoms with Gasteiger partial charge >= 0.3 is 0 Å². The monoisotopic (exact) mass is 411 g/mol. The summed E-state index contributed by atoms with van der Waals surface area (Å²) < 4.78 is 32.5. The van der Waals surface area contributed by atoms with E-state index in [1.165, 1.54) is 41.8 Å². The Kier molecular flexibility index (Phi) is 6.21. The molecule has 3 rings (SSSR count). The summed E-state index contributed by atoms with van der Waals surface area (Å²) in [5, 5.41) is 9.24. The largest absolute Gasteiger partial charge is 0.497 e. The van der Waals surface area contributed by atoms with Crippen LogP contribution in [0.3, 0.4) is 0 Å². The fraction of sp³-hybridized carbons (Fsp3) is 0.556. The van der Waals surface area contributed by atoms with Crippen LogP contribution in [0.25, 0.3) is 0 Å². The van der Waals surface area contributed by atoms with E-state index in [0.29, 0.717) is 18.6 Å². The molecule has 1 aliphatic heterocycles. The molecule has 2 aliphatic rings. The van der Waals surface area contributed by atoms with Crippen LogP contribution < -0.4 is 10.2 Å². The van der Waals surface area contributed by atoms with Crippen molar-refractivity contribution in [3.63, 3.8) is 0 Å². The van der Waals surface area contributed by atoms with Gasteiger partial charge in [0.1, 0.15) is 5.75 Å². The number of benzene rings is 1. The van der Waals surface area contributed by atoms with Gasteiger partial charge in [-0.15, -0.1) is 0 Å². The average molecular weight is 411 g/mol. The van der Waals surface area contributed by atoms with Crippen LogP contribution in [0.1, 0.15) is 38.5 Å². The molecule has 28 heavy (non-hydrogen) atoms. The van der Waals surface area contributed by atoms with Crippen molar-refractivity contribution in [2.75, 3.05) is 13.7 Å². The molecule has 0 radical (unpaired) electrons. The van der Waals surface area contributed by atoms with Gasteiger partial charge in [-0.2, -0.15) is 4.31 Å². The van der Waals surface area contributed by atoms with Gasteiger partial charge in [-0.3, -0.25) is 14.8 Å². The first kappa shape index (κ1) is 20.6. The predicted octanol–water partition coefficient (Wildman–Crippen LogP) is 1.08. The number of nitrogens with one attached hydrogen (secondary N) is 1. The molecule has 154 valence electrons. The van der Waals surface area contributed by atoms with E-state index in [1.807, 2.05) is 0 Å². The number of sulfonamides is 1. The van der Waals surface area contributed by atoms with Crippen molar-refractivity contribution >= 4 is 21.8 Å². The second-order valence-corrected chi connectivity index (χ2v) is 8.87. The summed E-state index contributed by atoms with van der Waals surface area (Å²) in [6.45, 7) is -0.130. The molecular weight excluding hydrogens is 386 g/mol. The summed E-state index contributed by atoms with van der Waals surface area (Å²) in [5.41, 5.74) is 1.54. The summed E-state index contributed by atoms with van der Waals surface area (Å²) in [6, 6.07) is 5.59. The summed E-state index contributed by atoms with van der Waals surface area (Å²) in [6.07, 6.45) is 2.85. The van der Waals surface area contributed by atoms with Gasteiger partial charge in [0.2, 0.25) is 15.9 Å². The fourth-order valence-corrected chi connectivity index (χ4v) is 5.49. The lowest BCUT2D eigenvalue weighted by Crippen LogP contribution is -2.66. The molecular formula is C18H25N3O6S. The Balaban J connectivity index is 1.99. The van der Waals surface area contributed by atoms with E-state index >= 15 is 0 Å². The van der Waals surface area contributed by atoms with E-state index in [2.05, 4.69) is 0 Å². The van der Waals surface area contributed by atoms with E-state index in [9.17, 15) is 23.2 Å². The third-order valence-electron chi connectivity index (χ3n) is 5.35. The van der Waals surface area contributed by atoms with E-state index in [4.69, 9.17) is 4.74 Å². The Bertz CT molecular complexity index is 820. The molecule has 1 heterocycles. The highest BCUT2D eigenvalue weighted by Gasteiger charge is 2.47. The molecule has 1 aromatic rings. The molecule has 0 unspecified atom stereocenters. The van der Waals surface area contributed by atoms with Gasteiger partial charge in [-0.05, 0) is 37.1 Å². The van der Waals surface area contributed by atoms with E-state index in [-0.39, 0.29) is 29.8 Å². The minimum absolute atomic E-state index is 0.0121. The van der Waals surface area contributed by atoms with E-state index < -0.39 is 22.1 Å². The SMILES string of the molecule is COc1ccc(S(=O)(=O)N2CCC(=O)N(C3CCCCC3)[C@H]2C(=O)NO)cc1. The molecule has 0 spiro atoms. The third kappa shape index (κ3) is 3.85. The second-order valence-electron chi connectivity index (χ2n) is 6.98. The molecule has 10 heteroatoms. The lowest BCUT2D eigenvalue weighted by molar-refractivity contribution is -0.157. The minimum atomic E-state index is -4.07. The zero-order valence-corrected chi connectivity index (χ0v) is 16.5. The number of hydroxylamine groups is 1. The Labute approximate surface area is 164 Å². The lowest BCUT2D eigenvalue weighted by Gasteiger charge is -2.46. The smallest absolute Gasteiger partial charge is 0.282 e. The van der Waals surface area contributed by atoms with Crippen molar-refractivity contribution in [1.82, 2.24) is 14.7 Å². The number of carbonyl (C=O) groups excluding carboxylic acids is 2. The molecule has 1 aromatic carbocycles. The van der Waals surface area contributed by atoms with Crippen LogP contribution in [0, 0.1) is 0 Å². The third-order valence-corrected chi connectivity index (χ3v) is 7.22. The first-order chi connectivity index (χ1) is 13.4. The minimum Gasteiger partial charge on any atom is -0.497 e. The van der Waals surface area contributed by atoms with Crippen LogP contribution in [0.2, 0.25) is 0 Å². The lowest BCUT2D eigenvalue weighted by atomic mass is 9.93.